The lowest BCUT2D eigenvalue weighted by atomic mass is 10.1. The molecule has 5 nitrogen and oxygen atoms in total. The van der Waals surface area contributed by atoms with Crippen molar-refractivity contribution in [3.63, 3.8) is 0 Å². The summed E-state index contributed by atoms with van der Waals surface area (Å²) in [5.74, 6) is 1.61. The maximum atomic E-state index is 5.72. The molecule has 2 heterocycles. The molecule has 6 heteroatoms. The van der Waals surface area contributed by atoms with Crippen molar-refractivity contribution in [2.24, 2.45) is 0 Å². The number of benzene rings is 1. The third kappa shape index (κ3) is 3.46. The van der Waals surface area contributed by atoms with E-state index in [0.29, 0.717) is 19.8 Å². The zero-order valence-electron chi connectivity index (χ0n) is 11.9. The van der Waals surface area contributed by atoms with Gasteiger partial charge in [0, 0.05) is 31.0 Å². The first-order valence-corrected chi connectivity index (χ1v) is 7.83. The molecule has 2 aromatic rings. The molecule has 0 amide bonds. The Bertz CT molecular complexity index is 600. The minimum absolute atomic E-state index is 0.666. The molecule has 1 aromatic carbocycles. The van der Waals surface area contributed by atoms with Crippen molar-refractivity contribution in [1.29, 1.82) is 0 Å². The Morgan fingerprint density at radius 1 is 1.29 bits per heavy atom. The highest BCUT2D eigenvalue weighted by Gasteiger charge is 2.12. The molecule has 1 N–H and O–H groups in total. The van der Waals surface area contributed by atoms with Gasteiger partial charge in [-0.25, -0.2) is 4.98 Å². The van der Waals surface area contributed by atoms with Crippen LogP contribution in [0.4, 0.5) is 5.13 Å². The first-order valence-electron chi connectivity index (χ1n) is 6.95. The number of nitrogens with one attached hydrogen (secondary N) is 1. The van der Waals surface area contributed by atoms with Gasteiger partial charge >= 0.3 is 0 Å². The van der Waals surface area contributed by atoms with Crippen LogP contribution >= 0.6 is 11.3 Å². The average Bonchev–Trinajstić information content (AvgIpc) is 2.85. The summed E-state index contributed by atoms with van der Waals surface area (Å²) in [7, 11) is 1.69. The summed E-state index contributed by atoms with van der Waals surface area (Å²) < 4.78 is 16.4. The van der Waals surface area contributed by atoms with Gasteiger partial charge in [-0.1, -0.05) is 0 Å². The van der Waals surface area contributed by atoms with Crippen LogP contribution in [0.5, 0.6) is 11.5 Å². The molecule has 1 aliphatic heterocycles. The zero-order valence-corrected chi connectivity index (χ0v) is 12.7. The quantitative estimate of drug-likeness (QED) is 0.861. The third-order valence-corrected chi connectivity index (χ3v) is 3.93. The fourth-order valence-corrected chi connectivity index (χ4v) is 2.82. The van der Waals surface area contributed by atoms with E-state index in [1.165, 1.54) is 0 Å². The maximum Gasteiger partial charge on any atom is 0.183 e. The van der Waals surface area contributed by atoms with Crippen molar-refractivity contribution in [3.8, 4) is 22.8 Å². The smallest absolute Gasteiger partial charge is 0.183 e. The lowest BCUT2D eigenvalue weighted by molar-refractivity contribution is 0.211. The highest BCUT2D eigenvalue weighted by molar-refractivity contribution is 7.14. The number of nitrogens with zero attached hydrogens (tertiary/aromatic N) is 1. The number of hydrogen-bond acceptors (Lipinski definition) is 6. The molecule has 0 spiro atoms. The molecule has 3 rings (SSSR count). The molecule has 112 valence electrons. The van der Waals surface area contributed by atoms with E-state index < -0.39 is 0 Å². The summed E-state index contributed by atoms with van der Waals surface area (Å²) in [6.45, 7) is 2.82. The Morgan fingerprint density at radius 3 is 3.00 bits per heavy atom. The number of hydrogen-bond donors (Lipinski definition) is 1. The van der Waals surface area contributed by atoms with Gasteiger partial charge in [0.1, 0.15) is 0 Å². The second-order valence-corrected chi connectivity index (χ2v) is 5.53. The minimum Gasteiger partial charge on any atom is -0.490 e. The van der Waals surface area contributed by atoms with Crippen LogP contribution in [0.1, 0.15) is 6.42 Å². The largest absolute Gasteiger partial charge is 0.490 e. The number of anilines is 1. The topological polar surface area (TPSA) is 52.6 Å². The van der Waals surface area contributed by atoms with E-state index in [4.69, 9.17) is 14.2 Å². The van der Waals surface area contributed by atoms with Crippen LogP contribution in [-0.4, -0.2) is 38.5 Å². The van der Waals surface area contributed by atoms with Gasteiger partial charge < -0.3 is 19.5 Å². The van der Waals surface area contributed by atoms with Gasteiger partial charge in [0.15, 0.2) is 16.6 Å². The molecule has 0 fully saturated rings. The molecule has 0 unspecified atom stereocenters. The second kappa shape index (κ2) is 6.78. The summed E-state index contributed by atoms with van der Waals surface area (Å²) in [5.41, 5.74) is 1.98. The molecule has 0 bridgehead atoms. The Labute approximate surface area is 127 Å². The molecule has 0 atom stereocenters. The first kappa shape index (κ1) is 14.2. The maximum absolute atomic E-state index is 5.72. The Hall–Kier alpha value is -1.79. The molecule has 0 aliphatic carbocycles. The summed E-state index contributed by atoms with van der Waals surface area (Å²) >= 11 is 1.59. The van der Waals surface area contributed by atoms with Gasteiger partial charge in [-0.05, 0) is 18.2 Å². The third-order valence-electron chi connectivity index (χ3n) is 3.13. The molecule has 0 saturated carbocycles. The van der Waals surface area contributed by atoms with Gasteiger partial charge in [-0.2, -0.15) is 0 Å². The molecular weight excluding hydrogens is 288 g/mol. The van der Waals surface area contributed by atoms with Crippen LogP contribution < -0.4 is 14.8 Å². The first-order chi connectivity index (χ1) is 10.4. The highest BCUT2D eigenvalue weighted by atomic mass is 32.1. The Kier molecular flexibility index (Phi) is 4.57. The molecule has 21 heavy (non-hydrogen) atoms. The predicted octanol–water partition coefficient (Wildman–Crippen LogP) is 3.03. The van der Waals surface area contributed by atoms with E-state index >= 15 is 0 Å². The van der Waals surface area contributed by atoms with Crippen molar-refractivity contribution in [2.75, 3.05) is 38.8 Å². The van der Waals surface area contributed by atoms with Gasteiger partial charge in [-0.3, -0.25) is 0 Å². The van der Waals surface area contributed by atoms with Gasteiger partial charge in [-0.15, -0.1) is 11.3 Å². The minimum atomic E-state index is 0.666. The highest BCUT2D eigenvalue weighted by Crippen LogP contribution is 2.35. The number of thiazole rings is 1. The van der Waals surface area contributed by atoms with E-state index in [1.54, 1.807) is 18.4 Å². The molecule has 0 saturated heterocycles. The van der Waals surface area contributed by atoms with Crippen LogP contribution in [0.25, 0.3) is 11.3 Å². The van der Waals surface area contributed by atoms with E-state index in [2.05, 4.69) is 10.3 Å². The van der Waals surface area contributed by atoms with Crippen molar-refractivity contribution in [2.45, 2.75) is 6.42 Å². The number of aromatic nitrogens is 1. The van der Waals surface area contributed by atoms with E-state index in [9.17, 15) is 0 Å². The normalized spacial score (nSPS) is 13.8. The SMILES string of the molecule is COCCNc1nc(-c2ccc3c(c2)OCCCO3)cs1. The Balaban J connectivity index is 1.76. The number of ether oxygens (including phenoxy) is 3. The molecular formula is C15H18N2O3S. The molecule has 1 aliphatic rings. The lowest BCUT2D eigenvalue weighted by Crippen LogP contribution is -2.07. The van der Waals surface area contributed by atoms with Crippen LogP contribution in [0.15, 0.2) is 23.6 Å². The molecule has 0 radical (unpaired) electrons. The standard InChI is InChI=1S/C15H18N2O3S/c1-18-8-5-16-15-17-12(10-21-15)11-3-4-13-14(9-11)20-7-2-6-19-13/h3-4,9-10H,2,5-8H2,1H3,(H,16,17). The molecule has 1 aromatic heterocycles. The second-order valence-electron chi connectivity index (χ2n) is 4.67. The average molecular weight is 306 g/mol. The van der Waals surface area contributed by atoms with Gasteiger partial charge in [0.2, 0.25) is 0 Å². The lowest BCUT2D eigenvalue weighted by Gasteiger charge is -2.08. The van der Waals surface area contributed by atoms with Crippen LogP contribution in [0, 0.1) is 0 Å². The van der Waals surface area contributed by atoms with Crippen LogP contribution in [-0.2, 0) is 4.74 Å². The van der Waals surface area contributed by atoms with E-state index in [-0.39, 0.29) is 0 Å². The van der Waals surface area contributed by atoms with Gasteiger partial charge in [0.25, 0.3) is 0 Å². The van der Waals surface area contributed by atoms with Crippen LogP contribution in [0.2, 0.25) is 0 Å². The summed E-state index contributed by atoms with van der Waals surface area (Å²) in [6, 6.07) is 5.96. The van der Waals surface area contributed by atoms with Gasteiger partial charge in [0.05, 0.1) is 25.5 Å². The predicted molar refractivity (Wildman–Crippen MR) is 83.5 cm³/mol. The van der Waals surface area contributed by atoms with E-state index in [1.807, 2.05) is 23.6 Å². The van der Waals surface area contributed by atoms with E-state index in [0.717, 1.165) is 40.9 Å². The summed E-state index contributed by atoms with van der Waals surface area (Å²) in [5, 5.41) is 6.17. The van der Waals surface area contributed by atoms with Crippen molar-refractivity contribution < 1.29 is 14.2 Å². The Morgan fingerprint density at radius 2 is 2.14 bits per heavy atom. The number of methoxy groups -OCH3 is 1. The van der Waals surface area contributed by atoms with Crippen molar-refractivity contribution >= 4 is 16.5 Å². The fraction of sp³-hybridized carbons (Fsp3) is 0.400. The summed E-state index contributed by atoms with van der Waals surface area (Å²) in [4.78, 5) is 4.58. The van der Waals surface area contributed by atoms with Crippen LogP contribution in [0.3, 0.4) is 0 Å². The van der Waals surface area contributed by atoms with Crippen molar-refractivity contribution in [1.82, 2.24) is 4.98 Å². The monoisotopic (exact) mass is 306 g/mol. The zero-order chi connectivity index (χ0) is 14.5. The van der Waals surface area contributed by atoms with Crippen molar-refractivity contribution in [3.05, 3.63) is 23.6 Å². The number of fused-ring (bicyclic) bond motifs is 1. The summed E-state index contributed by atoms with van der Waals surface area (Å²) in [6.07, 6.45) is 0.911. The number of rotatable bonds is 5. The fourth-order valence-electron chi connectivity index (χ4n) is 2.07.